The molecule has 0 fully saturated rings. The molecule has 0 heterocycles. The predicted octanol–water partition coefficient (Wildman–Crippen LogP) is 1.89. The fourth-order valence-corrected chi connectivity index (χ4v) is 1.90. The van der Waals surface area contributed by atoms with E-state index in [1.54, 1.807) is 13.0 Å². The molecular formula is C12H16BrNO4. The van der Waals surface area contributed by atoms with Gasteiger partial charge in [0.05, 0.1) is 11.6 Å². The molecule has 1 aromatic rings. The molecule has 1 amide bonds. The van der Waals surface area contributed by atoms with E-state index in [0.717, 1.165) is 0 Å². The zero-order chi connectivity index (χ0) is 13.7. The van der Waals surface area contributed by atoms with Gasteiger partial charge >= 0.3 is 0 Å². The molecule has 0 aliphatic carbocycles. The van der Waals surface area contributed by atoms with Crippen LogP contribution in [0.1, 0.15) is 17.3 Å². The molecule has 6 heteroatoms. The highest BCUT2D eigenvalue weighted by Crippen LogP contribution is 2.22. The van der Waals surface area contributed by atoms with E-state index in [0.29, 0.717) is 4.47 Å². The first kappa shape index (κ1) is 14.9. The van der Waals surface area contributed by atoms with Crippen molar-refractivity contribution in [1.82, 2.24) is 5.32 Å². The molecule has 0 aromatic heterocycles. The summed E-state index contributed by atoms with van der Waals surface area (Å²) in [4.78, 5) is 11.9. The molecule has 5 nitrogen and oxygen atoms in total. The first-order valence-electron chi connectivity index (χ1n) is 5.34. The van der Waals surface area contributed by atoms with Gasteiger partial charge in [-0.2, -0.15) is 0 Å². The summed E-state index contributed by atoms with van der Waals surface area (Å²) in [5.74, 6) is -0.466. The smallest absolute Gasteiger partial charge is 0.255 e. The monoisotopic (exact) mass is 317 g/mol. The lowest BCUT2D eigenvalue weighted by molar-refractivity contribution is -0.117. The Morgan fingerprint density at radius 2 is 2.00 bits per heavy atom. The molecule has 2 N–H and O–H groups in total. The fraction of sp³-hybridized carbons (Fsp3) is 0.417. The quantitative estimate of drug-likeness (QED) is 0.814. The summed E-state index contributed by atoms with van der Waals surface area (Å²) in [5.41, 5.74) is 0.205. The molecule has 0 spiro atoms. The van der Waals surface area contributed by atoms with E-state index in [4.69, 9.17) is 9.47 Å². The van der Waals surface area contributed by atoms with E-state index in [1.807, 2.05) is 0 Å². The zero-order valence-electron chi connectivity index (χ0n) is 10.4. The molecule has 1 unspecified atom stereocenters. The molecule has 1 aromatic carbocycles. The minimum Gasteiger partial charge on any atom is -0.507 e. The summed E-state index contributed by atoms with van der Waals surface area (Å²) < 4.78 is 10.8. The van der Waals surface area contributed by atoms with Gasteiger partial charge in [-0.05, 0) is 25.1 Å². The summed E-state index contributed by atoms with van der Waals surface area (Å²) in [5, 5.41) is 12.4. The van der Waals surface area contributed by atoms with Crippen molar-refractivity contribution >= 4 is 21.8 Å². The Labute approximate surface area is 114 Å². The number of phenolic OH excluding ortho intramolecular Hbond substituents is 1. The van der Waals surface area contributed by atoms with Gasteiger partial charge in [0.2, 0.25) is 0 Å². The van der Waals surface area contributed by atoms with Gasteiger partial charge < -0.3 is 19.9 Å². The van der Waals surface area contributed by atoms with Crippen LogP contribution in [0.4, 0.5) is 0 Å². The number of benzene rings is 1. The maximum atomic E-state index is 11.9. The third-order valence-corrected chi connectivity index (χ3v) is 2.93. The molecule has 0 bridgehead atoms. The minimum atomic E-state index is -0.536. The van der Waals surface area contributed by atoms with Crippen molar-refractivity contribution in [3.8, 4) is 5.75 Å². The van der Waals surface area contributed by atoms with E-state index in [-0.39, 0.29) is 23.3 Å². The number of carbonyl (C=O) groups excluding carboxylic acids is 1. The summed E-state index contributed by atoms with van der Waals surface area (Å²) >= 11 is 3.21. The number of hydrogen-bond acceptors (Lipinski definition) is 4. The van der Waals surface area contributed by atoms with Gasteiger partial charge in [0.25, 0.3) is 5.91 Å². The number of aromatic hydroxyl groups is 1. The lowest BCUT2D eigenvalue weighted by Crippen LogP contribution is -2.42. The number of carbonyl (C=O) groups is 1. The molecule has 0 saturated carbocycles. The Hall–Kier alpha value is -1.11. The van der Waals surface area contributed by atoms with Gasteiger partial charge in [-0.15, -0.1) is 0 Å². The molecule has 1 rings (SSSR count). The number of hydrogen-bond donors (Lipinski definition) is 2. The number of phenols is 1. The maximum absolute atomic E-state index is 11.9. The van der Waals surface area contributed by atoms with Crippen LogP contribution in [0.5, 0.6) is 5.75 Å². The second kappa shape index (κ2) is 6.72. The largest absolute Gasteiger partial charge is 0.507 e. The van der Waals surface area contributed by atoms with Crippen LogP contribution in [-0.2, 0) is 9.47 Å². The van der Waals surface area contributed by atoms with Crippen molar-refractivity contribution < 1.29 is 19.4 Å². The normalized spacial score (nSPS) is 12.5. The Bertz CT molecular complexity index is 421. The number of rotatable bonds is 5. The second-order valence-corrected chi connectivity index (χ2v) is 4.68. The van der Waals surface area contributed by atoms with Crippen LogP contribution in [0.25, 0.3) is 0 Å². The third-order valence-electron chi connectivity index (χ3n) is 2.44. The van der Waals surface area contributed by atoms with Crippen LogP contribution in [0.2, 0.25) is 0 Å². The molecule has 100 valence electrons. The first-order valence-corrected chi connectivity index (χ1v) is 6.14. The van der Waals surface area contributed by atoms with Crippen molar-refractivity contribution in [2.75, 3.05) is 14.2 Å². The van der Waals surface area contributed by atoms with Crippen LogP contribution in [0.3, 0.4) is 0 Å². The molecule has 0 aliphatic rings. The first-order chi connectivity index (χ1) is 8.49. The van der Waals surface area contributed by atoms with Crippen molar-refractivity contribution in [2.24, 2.45) is 0 Å². The van der Waals surface area contributed by atoms with Gasteiger partial charge in [0.15, 0.2) is 6.29 Å². The van der Waals surface area contributed by atoms with Gasteiger partial charge in [0, 0.05) is 18.7 Å². The highest BCUT2D eigenvalue weighted by Gasteiger charge is 2.20. The van der Waals surface area contributed by atoms with Gasteiger partial charge in [-0.25, -0.2) is 0 Å². The van der Waals surface area contributed by atoms with Gasteiger partial charge in [0.1, 0.15) is 5.75 Å². The number of methoxy groups -OCH3 is 2. The fourth-order valence-electron chi connectivity index (χ4n) is 1.55. The van der Waals surface area contributed by atoms with E-state index in [1.165, 1.54) is 26.4 Å². The van der Waals surface area contributed by atoms with Crippen molar-refractivity contribution in [3.63, 3.8) is 0 Å². The molecule has 0 saturated heterocycles. The summed E-state index contributed by atoms with van der Waals surface area (Å²) in [6.07, 6.45) is -0.536. The zero-order valence-corrected chi connectivity index (χ0v) is 12.0. The minimum absolute atomic E-state index is 0.0829. The second-order valence-electron chi connectivity index (χ2n) is 3.76. The topological polar surface area (TPSA) is 67.8 Å². The predicted molar refractivity (Wildman–Crippen MR) is 70.5 cm³/mol. The number of amides is 1. The molecule has 0 aliphatic heterocycles. The van der Waals surface area contributed by atoms with Crippen molar-refractivity contribution in [1.29, 1.82) is 0 Å². The Balaban J connectivity index is 2.76. The summed E-state index contributed by atoms with van der Waals surface area (Å²) in [7, 11) is 2.99. The van der Waals surface area contributed by atoms with Crippen LogP contribution in [0, 0.1) is 0 Å². The van der Waals surface area contributed by atoms with Gasteiger partial charge in [-0.1, -0.05) is 15.9 Å². The van der Waals surface area contributed by atoms with Crippen LogP contribution < -0.4 is 5.32 Å². The summed E-state index contributed by atoms with van der Waals surface area (Å²) in [6.45, 7) is 1.76. The van der Waals surface area contributed by atoms with Crippen LogP contribution in [-0.4, -0.2) is 37.6 Å². The average Bonchev–Trinajstić information content (AvgIpc) is 2.30. The van der Waals surface area contributed by atoms with Crippen molar-refractivity contribution in [2.45, 2.75) is 19.3 Å². The lowest BCUT2D eigenvalue weighted by Gasteiger charge is -2.22. The lowest BCUT2D eigenvalue weighted by atomic mass is 10.1. The SMILES string of the molecule is COC(OC)C(C)NC(=O)c1ccc(Br)cc1O. The van der Waals surface area contributed by atoms with E-state index < -0.39 is 6.29 Å². The van der Waals surface area contributed by atoms with E-state index in [2.05, 4.69) is 21.2 Å². The maximum Gasteiger partial charge on any atom is 0.255 e. The highest BCUT2D eigenvalue weighted by molar-refractivity contribution is 9.10. The van der Waals surface area contributed by atoms with Gasteiger partial charge in [-0.3, -0.25) is 4.79 Å². The molecule has 0 radical (unpaired) electrons. The molecular weight excluding hydrogens is 302 g/mol. The Morgan fingerprint density at radius 3 is 2.50 bits per heavy atom. The standard InChI is InChI=1S/C12H16BrNO4/c1-7(12(17-2)18-3)14-11(16)9-5-4-8(13)6-10(9)15/h4-7,12,15H,1-3H3,(H,14,16). The average molecular weight is 318 g/mol. The number of ether oxygens (including phenoxy) is 2. The number of halogens is 1. The Morgan fingerprint density at radius 1 is 1.39 bits per heavy atom. The number of nitrogens with one attached hydrogen (secondary N) is 1. The van der Waals surface area contributed by atoms with E-state index >= 15 is 0 Å². The Kier molecular flexibility index (Phi) is 5.58. The van der Waals surface area contributed by atoms with E-state index in [9.17, 15) is 9.90 Å². The third kappa shape index (κ3) is 3.69. The van der Waals surface area contributed by atoms with Crippen molar-refractivity contribution in [3.05, 3.63) is 28.2 Å². The highest BCUT2D eigenvalue weighted by atomic mass is 79.9. The summed E-state index contributed by atoms with van der Waals surface area (Å²) in [6, 6.07) is 4.35. The molecule has 18 heavy (non-hydrogen) atoms. The van der Waals surface area contributed by atoms with Crippen LogP contribution in [0.15, 0.2) is 22.7 Å². The molecule has 1 atom stereocenters. The van der Waals surface area contributed by atoms with Crippen LogP contribution >= 0.6 is 15.9 Å².